The van der Waals surface area contributed by atoms with Crippen LogP contribution in [0.3, 0.4) is 0 Å². The Bertz CT molecular complexity index is 1010. The lowest BCUT2D eigenvalue weighted by Crippen LogP contribution is -2.34. The number of nitrogens with one attached hydrogen (secondary N) is 1. The summed E-state index contributed by atoms with van der Waals surface area (Å²) in [5.41, 5.74) is 0.707. The van der Waals surface area contributed by atoms with Gasteiger partial charge in [-0.15, -0.1) is 0 Å². The van der Waals surface area contributed by atoms with Gasteiger partial charge in [-0.2, -0.15) is 4.98 Å². The molecule has 1 atom stereocenters. The number of urea groups is 1. The highest BCUT2D eigenvalue weighted by Crippen LogP contribution is 2.33. The highest BCUT2D eigenvalue weighted by molar-refractivity contribution is 9.10. The van der Waals surface area contributed by atoms with E-state index in [1.54, 1.807) is 0 Å². The van der Waals surface area contributed by atoms with Crippen molar-refractivity contribution in [1.82, 2.24) is 15.0 Å². The molecular weight excluding hydrogens is 434 g/mol. The molecule has 0 aliphatic carbocycles. The molecule has 1 aromatic heterocycles. The normalized spacial score (nSPS) is 16.4. The van der Waals surface area contributed by atoms with Crippen LogP contribution in [0.15, 0.2) is 51.5 Å². The number of halogens is 3. The highest BCUT2D eigenvalue weighted by Gasteiger charge is 2.34. The van der Waals surface area contributed by atoms with Gasteiger partial charge >= 0.3 is 6.03 Å². The Hall–Kier alpha value is -2.81. The van der Waals surface area contributed by atoms with Crippen molar-refractivity contribution in [2.75, 3.05) is 11.9 Å². The number of hydrogen-bond acceptors (Lipinski definition) is 4. The second-order valence-electron chi connectivity index (χ2n) is 6.37. The predicted octanol–water partition coefficient (Wildman–Crippen LogP) is 5.15. The third-order valence-electron chi connectivity index (χ3n) is 4.52. The van der Waals surface area contributed by atoms with E-state index >= 15 is 0 Å². The standard InChI is InChI=1S/C19H15BrF2N4O2/c20-12-5-3-11(4-6-12)17-24-18(28-25-17)16-2-1-9-26(16)19(27)23-15-8-7-13(21)10-14(15)22/h3-8,10,16H,1-2,9H2,(H,23,27). The molecule has 1 aliphatic heterocycles. The zero-order chi connectivity index (χ0) is 19.7. The van der Waals surface area contributed by atoms with Crippen LogP contribution in [0.5, 0.6) is 0 Å². The first-order chi connectivity index (χ1) is 13.5. The molecule has 3 aromatic rings. The van der Waals surface area contributed by atoms with Crippen LogP contribution in [0.25, 0.3) is 11.4 Å². The number of benzene rings is 2. The minimum absolute atomic E-state index is 0.0851. The SMILES string of the molecule is O=C(Nc1ccc(F)cc1F)N1CCCC1c1nc(-c2ccc(Br)cc2)no1. The Morgan fingerprint density at radius 1 is 1.21 bits per heavy atom. The first-order valence-corrected chi connectivity index (χ1v) is 9.43. The Kier molecular flexibility index (Phi) is 5.08. The van der Waals surface area contributed by atoms with Crippen molar-refractivity contribution in [2.45, 2.75) is 18.9 Å². The second-order valence-corrected chi connectivity index (χ2v) is 7.28. The van der Waals surface area contributed by atoms with E-state index in [-0.39, 0.29) is 5.69 Å². The molecule has 1 N–H and O–H groups in total. The zero-order valence-corrected chi connectivity index (χ0v) is 16.1. The summed E-state index contributed by atoms with van der Waals surface area (Å²) >= 11 is 3.37. The fourth-order valence-electron chi connectivity index (χ4n) is 3.13. The molecule has 0 bridgehead atoms. The summed E-state index contributed by atoms with van der Waals surface area (Å²) in [4.78, 5) is 18.5. The Labute approximate surface area is 167 Å². The number of aromatic nitrogens is 2. The van der Waals surface area contributed by atoms with E-state index < -0.39 is 23.7 Å². The van der Waals surface area contributed by atoms with E-state index in [9.17, 15) is 13.6 Å². The average molecular weight is 449 g/mol. The maximum atomic E-state index is 13.8. The smallest absolute Gasteiger partial charge is 0.322 e. The molecule has 6 nitrogen and oxygen atoms in total. The van der Waals surface area contributed by atoms with E-state index in [2.05, 4.69) is 31.4 Å². The van der Waals surface area contributed by atoms with Crippen molar-refractivity contribution in [2.24, 2.45) is 0 Å². The highest BCUT2D eigenvalue weighted by atomic mass is 79.9. The van der Waals surface area contributed by atoms with E-state index in [0.717, 1.165) is 28.6 Å². The number of carbonyl (C=O) groups is 1. The Balaban J connectivity index is 1.52. The largest absolute Gasteiger partial charge is 0.337 e. The van der Waals surface area contributed by atoms with E-state index in [1.165, 1.54) is 11.0 Å². The second kappa shape index (κ2) is 7.67. The van der Waals surface area contributed by atoms with E-state index in [4.69, 9.17) is 4.52 Å². The predicted molar refractivity (Wildman–Crippen MR) is 101 cm³/mol. The molecule has 1 saturated heterocycles. The molecule has 9 heteroatoms. The van der Waals surface area contributed by atoms with Crippen LogP contribution in [0, 0.1) is 11.6 Å². The van der Waals surface area contributed by atoms with Crippen LogP contribution < -0.4 is 5.32 Å². The number of nitrogens with zero attached hydrogens (tertiary/aromatic N) is 3. The molecule has 0 spiro atoms. The van der Waals surface area contributed by atoms with E-state index in [1.807, 2.05) is 24.3 Å². The van der Waals surface area contributed by atoms with Crippen molar-refractivity contribution in [3.63, 3.8) is 0 Å². The minimum Gasteiger partial charge on any atom is -0.337 e. The van der Waals surface area contributed by atoms with Crippen molar-refractivity contribution >= 4 is 27.6 Å². The molecule has 2 amide bonds. The van der Waals surface area contributed by atoms with Gasteiger partial charge in [0, 0.05) is 22.6 Å². The van der Waals surface area contributed by atoms with Crippen molar-refractivity contribution in [3.05, 3.63) is 64.5 Å². The van der Waals surface area contributed by atoms with Gasteiger partial charge in [-0.25, -0.2) is 13.6 Å². The molecule has 2 heterocycles. The van der Waals surface area contributed by atoms with Gasteiger partial charge in [-0.1, -0.05) is 21.1 Å². The minimum atomic E-state index is -0.834. The fraction of sp³-hybridized carbons (Fsp3) is 0.211. The van der Waals surface area contributed by atoms with Gasteiger partial charge in [-0.05, 0) is 49.2 Å². The fourth-order valence-corrected chi connectivity index (χ4v) is 3.40. The molecule has 0 saturated carbocycles. The summed E-state index contributed by atoms with van der Waals surface area (Å²) in [5, 5.41) is 6.47. The van der Waals surface area contributed by atoms with Crippen LogP contribution in [0.4, 0.5) is 19.3 Å². The lowest BCUT2D eigenvalue weighted by Gasteiger charge is -2.22. The van der Waals surface area contributed by atoms with E-state index in [0.29, 0.717) is 24.7 Å². The molecule has 4 rings (SSSR count). The van der Waals surface area contributed by atoms with Crippen molar-refractivity contribution in [1.29, 1.82) is 0 Å². The summed E-state index contributed by atoms with van der Waals surface area (Å²) in [6.07, 6.45) is 1.40. The Morgan fingerprint density at radius 2 is 2.00 bits per heavy atom. The van der Waals surface area contributed by atoms with Crippen LogP contribution >= 0.6 is 15.9 Å². The first kappa shape index (κ1) is 18.5. The maximum absolute atomic E-state index is 13.8. The lowest BCUT2D eigenvalue weighted by molar-refractivity contribution is 0.193. The summed E-state index contributed by atoms with van der Waals surface area (Å²) in [6, 6.07) is 9.55. The molecule has 1 unspecified atom stereocenters. The molecule has 2 aromatic carbocycles. The topological polar surface area (TPSA) is 71.3 Å². The van der Waals surface area contributed by atoms with Crippen LogP contribution in [-0.4, -0.2) is 27.6 Å². The van der Waals surface area contributed by atoms with Gasteiger partial charge in [0.1, 0.15) is 17.7 Å². The monoisotopic (exact) mass is 448 g/mol. The molecule has 144 valence electrons. The number of amides is 2. The third kappa shape index (κ3) is 3.75. The molecule has 28 heavy (non-hydrogen) atoms. The number of anilines is 1. The summed E-state index contributed by atoms with van der Waals surface area (Å²) in [7, 11) is 0. The quantitative estimate of drug-likeness (QED) is 0.601. The van der Waals surface area contributed by atoms with Gasteiger partial charge in [0.2, 0.25) is 11.7 Å². The third-order valence-corrected chi connectivity index (χ3v) is 5.04. The number of rotatable bonds is 3. The van der Waals surface area contributed by atoms with Crippen molar-refractivity contribution in [3.8, 4) is 11.4 Å². The summed E-state index contributed by atoms with van der Waals surface area (Å²) < 4.78 is 33.2. The van der Waals surface area contributed by atoms with Gasteiger partial charge in [0.05, 0.1) is 5.69 Å². The number of hydrogen-bond donors (Lipinski definition) is 1. The molecular formula is C19H15BrF2N4O2. The van der Waals surface area contributed by atoms with Crippen LogP contribution in [-0.2, 0) is 0 Å². The molecule has 0 radical (unpaired) electrons. The molecule has 1 fully saturated rings. The summed E-state index contributed by atoms with van der Waals surface area (Å²) in [6.45, 7) is 0.468. The van der Waals surface area contributed by atoms with Gasteiger partial charge in [0.15, 0.2) is 0 Å². The number of likely N-dealkylation sites (tertiary alicyclic amines) is 1. The average Bonchev–Trinajstić information content (AvgIpc) is 3.33. The van der Waals surface area contributed by atoms with Crippen LogP contribution in [0.2, 0.25) is 0 Å². The first-order valence-electron chi connectivity index (χ1n) is 8.63. The lowest BCUT2D eigenvalue weighted by atomic mass is 10.2. The van der Waals surface area contributed by atoms with Gasteiger partial charge < -0.3 is 14.7 Å². The summed E-state index contributed by atoms with van der Waals surface area (Å²) in [5.74, 6) is -0.787. The maximum Gasteiger partial charge on any atom is 0.322 e. The zero-order valence-electron chi connectivity index (χ0n) is 14.5. The van der Waals surface area contributed by atoms with Gasteiger partial charge in [0.25, 0.3) is 0 Å². The molecule has 1 aliphatic rings. The Morgan fingerprint density at radius 3 is 2.75 bits per heavy atom. The van der Waals surface area contributed by atoms with Gasteiger partial charge in [-0.3, -0.25) is 0 Å². The van der Waals surface area contributed by atoms with Crippen LogP contribution in [0.1, 0.15) is 24.8 Å². The number of carbonyl (C=O) groups excluding carboxylic acids is 1. The van der Waals surface area contributed by atoms with Crippen molar-refractivity contribution < 1.29 is 18.1 Å².